The summed E-state index contributed by atoms with van der Waals surface area (Å²) in [4.78, 5) is 0. The zero-order valence-corrected chi connectivity index (χ0v) is 25.2. The molecule has 0 bridgehead atoms. The van der Waals surface area contributed by atoms with Crippen molar-refractivity contribution in [2.45, 2.75) is 13.8 Å². The Hall–Kier alpha value is -3.04. The molecule has 186 valence electrons. The molecule has 2 aromatic heterocycles. The van der Waals surface area contributed by atoms with Crippen molar-refractivity contribution in [3.63, 3.8) is 0 Å². The smallest absolute Gasteiger partial charge is 0.100 e. The zero-order valence-electron chi connectivity index (χ0n) is 20.4. The molecule has 0 spiro atoms. The van der Waals surface area contributed by atoms with Crippen molar-refractivity contribution < 1.29 is 0 Å². The third kappa shape index (κ3) is 3.73. The van der Waals surface area contributed by atoms with Gasteiger partial charge >= 0.3 is 0 Å². The van der Waals surface area contributed by atoms with E-state index in [1.807, 2.05) is 60.7 Å². The van der Waals surface area contributed by atoms with Crippen LogP contribution in [0.15, 0.2) is 90.6 Å². The van der Waals surface area contributed by atoms with Crippen LogP contribution < -0.4 is 21.6 Å². The van der Waals surface area contributed by atoms with E-state index in [2.05, 4.69) is 68.7 Å². The van der Waals surface area contributed by atoms with E-state index in [-0.39, 0.29) is 0 Å². The Kier molecular flexibility index (Phi) is 5.89. The van der Waals surface area contributed by atoms with Crippen LogP contribution in [0.3, 0.4) is 0 Å². The summed E-state index contributed by atoms with van der Waals surface area (Å²) < 4.78 is 4.69. The zero-order chi connectivity index (χ0) is 26.0. The number of benzene rings is 3. The second-order valence-electron chi connectivity index (χ2n) is 9.21. The Morgan fingerprint density at radius 1 is 0.579 bits per heavy atom. The van der Waals surface area contributed by atoms with Crippen LogP contribution in [0.2, 0.25) is 0 Å². The molecule has 38 heavy (non-hydrogen) atoms. The lowest BCUT2D eigenvalue weighted by molar-refractivity contribution is 1.25. The summed E-state index contributed by atoms with van der Waals surface area (Å²) in [5.74, 6) is 0. The van der Waals surface area contributed by atoms with Crippen LogP contribution in [0.25, 0.3) is 41.7 Å². The Balaban J connectivity index is 1.60. The lowest BCUT2D eigenvalue weighted by Gasteiger charge is -2.07. The number of hydrogen-bond donors (Lipinski definition) is 2. The number of para-hydroxylation sites is 2. The van der Waals surface area contributed by atoms with Gasteiger partial charge in [-0.1, -0.05) is 36.4 Å². The average molecular weight is 660 g/mol. The molecule has 0 aliphatic rings. The maximum absolute atomic E-state index is 4.98. The lowest BCUT2D eigenvalue weighted by atomic mass is 9.98. The summed E-state index contributed by atoms with van der Waals surface area (Å²) in [5.41, 5.74) is 11.0. The number of halogens is 2. The summed E-state index contributed by atoms with van der Waals surface area (Å²) in [6.45, 7) is 4.46. The van der Waals surface area contributed by atoms with Crippen LogP contribution in [0.4, 0.5) is 11.4 Å². The van der Waals surface area contributed by atoms with E-state index in [9.17, 15) is 0 Å². The normalized spacial score (nSPS) is 13.1. The van der Waals surface area contributed by atoms with Gasteiger partial charge in [-0.3, -0.25) is 10.9 Å². The third-order valence-corrected chi connectivity index (χ3v) is 10.3. The maximum atomic E-state index is 4.98. The van der Waals surface area contributed by atoms with E-state index in [1.54, 1.807) is 22.7 Å². The third-order valence-electron chi connectivity index (χ3n) is 6.98. The minimum atomic E-state index is 0.964. The summed E-state index contributed by atoms with van der Waals surface area (Å²) >= 11 is 11.0. The van der Waals surface area contributed by atoms with Crippen LogP contribution in [-0.2, 0) is 0 Å². The van der Waals surface area contributed by atoms with Crippen LogP contribution in [0.1, 0.15) is 11.1 Å². The highest BCUT2D eigenvalue weighted by Crippen LogP contribution is 2.44. The predicted molar refractivity (Wildman–Crippen MR) is 171 cm³/mol. The summed E-state index contributed by atoms with van der Waals surface area (Å²) in [6, 6.07) is 24.6. The molecule has 0 atom stereocenters. The first-order chi connectivity index (χ1) is 18.5. The first-order valence-electron chi connectivity index (χ1n) is 12.1. The van der Waals surface area contributed by atoms with Gasteiger partial charge < -0.3 is 0 Å². The van der Waals surface area contributed by atoms with Crippen molar-refractivity contribution >= 4 is 108 Å². The number of thiophene rings is 2. The van der Waals surface area contributed by atoms with E-state index in [0.29, 0.717) is 0 Å². The highest BCUT2D eigenvalue weighted by molar-refractivity contribution is 9.11. The van der Waals surface area contributed by atoms with Gasteiger partial charge in [-0.15, -0.1) is 22.7 Å². The van der Waals surface area contributed by atoms with Gasteiger partial charge in [0.1, 0.15) is 10.7 Å². The second-order valence-corrected chi connectivity index (χ2v) is 14.1. The number of nitrogens with one attached hydrogen (secondary N) is 2. The van der Waals surface area contributed by atoms with Crippen LogP contribution in [0, 0.1) is 13.8 Å². The van der Waals surface area contributed by atoms with Crippen molar-refractivity contribution in [3.05, 3.63) is 102 Å². The molecule has 5 aromatic carbocycles. The maximum Gasteiger partial charge on any atom is 0.100 e. The van der Waals surface area contributed by atoms with Gasteiger partial charge in [-0.25, -0.2) is 0 Å². The molecule has 7 rings (SSSR count). The first-order valence-corrected chi connectivity index (χ1v) is 15.3. The van der Waals surface area contributed by atoms with Crippen molar-refractivity contribution in [2.75, 3.05) is 10.9 Å². The molecule has 0 aliphatic carbocycles. The van der Waals surface area contributed by atoms with Crippen molar-refractivity contribution in [3.8, 4) is 0 Å². The Morgan fingerprint density at radius 3 is 1.37 bits per heavy atom. The molecule has 0 fully saturated rings. The van der Waals surface area contributed by atoms with E-state index >= 15 is 0 Å². The van der Waals surface area contributed by atoms with Gasteiger partial charge in [-0.2, -0.15) is 10.2 Å². The molecule has 0 amide bonds. The molecule has 7 aromatic rings. The predicted octanol–water partition coefficient (Wildman–Crippen LogP) is 9.30. The number of fused-ring (bicyclic) bond motifs is 6. The number of nitrogens with zero attached hydrogens (tertiary/aromatic N) is 2. The van der Waals surface area contributed by atoms with Gasteiger partial charge in [0, 0.05) is 41.7 Å². The Bertz CT molecular complexity index is 1960. The SMILES string of the molecule is Cc1c2/c(=N/Nc3ccccc3)c3cc(Br)sc3c2c(C)c2/c(=N/Nc3ccccc3)c3cc(Br)sc3c12. The number of aryl methyl sites for hydroxylation is 2. The summed E-state index contributed by atoms with van der Waals surface area (Å²) in [6.07, 6.45) is 0. The molecule has 2 heterocycles. The largest absolute Gasteiger partial charge is 0.278 e. The molecule has 0 saturated carbocycles. The van der Waals surface area contributed by atoms with Crippen molar-refractivity contribution in [1.29, 1.82) is 0 Å². The molecular weight excluding hydrogens is 640 g/mol. The van der Waals surface area contributed by atoms with Gasteiger partial charge in [-0.05, 0) is 93.2 Å². The molecular formula is C30H20Br2N4S2. The van der Waals surface area contributed by atoms with Crippen LogP contribution in [-0.4, -0.2) is 0 Å². The Morgan fingerprint density at radius 2 is 0.974 bits per heavy atom. The minimum Gasteiger partial charge on any atom is -0.278 e. The summed E-state index contributed by atoms with van der Waals surface area (Å²) in [7, 11) is 0. The fourth-order valence-corrected chi connectivity index (χ4v) is 8.79. The van der Waals surface area contributed by atoms with E-state index in [1.165, 1.54) is 42.1 Å². The Labute approximate surface area is 243 Å². The molecule has 2 N–H and O–H groups in total. The number of hydrogen-bond acceptors (Lipinski definition) is 6. The quantitative estimate of drug-likeness (QED) is 0.185. The second kappa shape index (κ2) is 9.31. The lowest BCUT2D eigenvalue weighted by Crippen LogP contribution is -2.07. The monoisotopic (exact) mass is 658 g/mol. The highest BCUT2D eigenvalue weighted by atomic mass is 79.9. The average Bonchev–Trinajstić information content (AvgIpc) is 3.64. The van der Waals surface area contributed by atoms with Crippen molar-refractivity contribution in [1.82, 2.24) is 0 Å². The number of rotatable bonds is 4. The van der Waals surface area contributed by atoms with E-state index in [4.69, 9.17) is 10.2 Å². The van der Waals surface area contributed by atoms with Gasteiger partial charge in [0.2, 0.25) is 0 Å². The molecule has 4 nitrogen and oxygen atoms in total. The topological polar surface area (TPSA) is 48.8 Å². The minimum absolute atomic E-state index is 0.964. The standard InChI is InChI=1S/C30H20Br2N4S2/c1-15-23-26(30-19(13-22(32)38-30)27(23)35-33-17-9-5-3-6-10-17)16(2)24-25(15)29-20(14-21(31)37-29)28(24)36-34-18-11-7-4-8-12-18/h3-14,33-34H,1-2H3/b35-27+,36-28+. The fraction of sp³-hybridized carbons (Fsp3) is 0.0667. The molecule has 0 aliphatic heterocycles. The van der Waals surface area contributed by atoms with Gasteiger partial charge in [0.25, 0.3) is 0 Å². The van der Waals surface area contributed by atoms with Crippen LogP contribution >= 0.6 is 54.5 Å². The van der Waals surface area contributed by atoms with E-state index in [0.717, 1.165) is 40.4 Å². The van der Waals surface area contributed by atoms with Gasteiger partial charge in [0.15, 0.2) is 0 Å². The van der Waals surface area contributed by atoms with Crippen LogP contribution in [0.5, 0.6) is 0 Å². The molecule has 0 radical (unpaired) electrons. The molecule has 8 heteroatoms. The first kappa shape index (κ1) is 24.0. The van der Waals surface area contributed by atoms with Gasteiger partial charge in [0.05, 0.1) is 18.9 Å². The number of anilines is 2. The van der Waals surface area contributed by atoms with Crippen molar-refractivity contribution in [2.24, 2.45) is 10.2 Å². The fourth-order valence-electron chi connectivity index (χ4n) is 5.37. The molecule has 0 unspecified atom stereocenters. The van der Waals surface area contributed by atoms with E-state index < -0.39 is 0 Å². The summed E-state index contributed by atoms with van der Waals surface area (Å²) in [5, 5.41) is 19.1. The highest BCUT2D eigenvalue weighted by Gasteiger charge is 2.24. The molecule has 0 saturated heterocycles.